The molecule has 1 aliphatic rings. The number of ether oxygens (including phenoxy) is 1. The van der Waals surface area contributed by atoms with Crippen LogP contribution < -0.4 is 10.1 Å². The maximum atomic E-state index is 12.4. The number of fused-ring (bicyclic) bond motifs is 1. The minimum Gasteiger partial charge on any atom is -0.481 e. The molecule has 3 rings (SSSR count). The van der Waals surface area contributed by atoms with Crippen LogP contribution in [0.25, 0.3) is 0 Å². The number of nitrogens with one attached hydrogen (secondary N) is 1. The SMILES string of the molecule is Cc1ccc(NC(=O)C(C)Oc2ccc3c(c2)CCCC3)c(C)c1. The van der Waals surface area contributed by atoms with E-state index in [1.54, 1.807) is 6.92 Å². The van der Waals surface area contributed by atoms with Crippen LogP contribution in [0.4, 0.5) is 5.69 Å². The highest BCUT2D eigenvalue weighted by Gasteiger charge is 2.17. The van der Waals surface area contributed by atoms with Crippen LogP contribution in [0.2, 0.25) is 0 Å². The zero-order chi connectivity index (χ0) is 17.1. The van der Waals surface area contributed by atoms with E-state index in [9.17, 15) is 4.79 Å². The highest BCUT2D eigenvalue weighted by Crippen LogP contribution is 2.26. The molecule has 24 heavy (non-hydrogen) atoms. The Balaban J connectivity index is 1.65. The molecule has 0 spiro atoms. The average molecular weight is 323 g/mol. The molecular weight excluding hydrogens is 298 g/mol. The highest BCUT2D eigenvalue weighted by atomic mass is 16.5. The Morgan fingerprint density at radius 2 is 1.79 bits per heavy atom. The fraction of sp³-hybridized carbons (Fsp3) is 0.381. The quantitative estimate of drug-likeness (QED) is 0.894. The van der Waals surface area contributed by atoms with Crippen molar-refractivity contribution in [2.45, 2.75) is 52.6 Å². The van der Waals surface area contributed by atoms with Gasteiger partial charge in [0.05, 0.1) is 0 Å². The second-order valence-corrected chi connectivity index (χ2v) is 6.71. The second-order valence-electron chi connectivity index (χ2n) is 6.71. The number of rotatable bonds is 4. The molecule has 3 nitrogen and oxygen atoms in total. The van der Waals surface area contributed by atoms with Gasteiger partial charge in [-0.1, -0.05) is 23.8 Å². The van der Waals surface area contributed by atoms with Crippen molar-refractivity contribution in [2.75, 3.05) is 5.32 Å². The molecule has 1 aliphatic carbocycles. The summed E-state index contributed by atoms with van der Waals surface area (Å²) in [5, 5.41) is 2.96. The molecule has 0 heterocycles. The Bertz CT molecular complexity index is 751. The van der Waals surface area contributed by atoms with Crippen molar-refractivity contribution in [1.29, 1.82) is 0 Å². The van der Waals surface area contributed by atoms with Gasteiger partial charge in [-0.3, -0.25) is 4.79 Å². The lowest BCUT2D eigenvalue weighted by Gasteiger charge is -2.19. The van der Waals surface area contributed by atoms with Crippen molar-refractivity contribution in [2.24, 2.45) is 0 Å². The Labute approximate surface area is 144 Å². The number of carbonyl (C=O) groups is 1. The molecule has 126 valence electrons. The van der Waals surface area contributed by atoms with Gasteiger partial charge in [0, 0.05) is 5.69 Å². The van der Waals surface area contributed by atoms with E-state index < -0.39 is 6.10 Å². The van der Waals surface area contributed by atoms with Crippen LogP contribution in [0.3, 0.4) is 0 Å². The van der Waals surface area contributed by atoms with E-state index in [4.69, 9.17) is 4.74 Å². The van der Waals surface area contributed by atoms with E-state index in [1.807, 2.05) is 32.0 Å². The first-order chi connectivity index (χ1) is 11.5. The predicted molar refractivity (Wildman–Crippen MR) is 97.7 cm³/mol. The Morgan fingerprint density at radius 1 is 1.04 bits per heavy atom. The number of aryl methyl sites for hydroxylation is 4. The van der Waals surface area contributed by atoms with Gasteiger partial charge >= 0.3 is 0 Å². The second kappa shape index (κ2) is 7.08. The zero-order valence-electron chi connectivity index (χ0n) is 14.7. The Morgan fingerprint density at radius 3 is 2.54 bits per heavy atom. The maximum absolute atomic E-state index is 12.4. The van der Waals surface area contributed by atoms with Gasteiger partial charge in [-0.05, 0) is 81.3 Å². The molecule has 1 atom stereocenters. The average Bonchev–Trinajstić information content (AvgIpc) is 2.57. The van der Waals surface area contributed by atoms with E-state index >= 15 is 0 Å². The summed E-state index contributed by atoms with van der Waals surface area (Å²) >= 11 is 0. The molecule has 1 N–H and O–H groups in total. The lowest BCUT2D eigenvalue weighted by Crippen LogP contribution is -2.30. The van der Waals surface area contributed by atoms with Gasteiger partial charge in [0.25, 0.3) is 5.91 Å². The van der Waals surface area contributed by atoms with Crippen molar-refractivity contribution in [1.82, 2.24) is 0 Å². The molecule has 0 saturated carbocycles. The predicted octanol–water partition coefficient (Wildman–Crippen LogP) is 4.59. The number of hydrogen-bond acceptors (Lipinski definition) is 2. The summed E-state index contributed by atoms with van der Waals surface area (Å²) in [6.45, 7) is 5.83. The molecule has 2 aromatic rings. The summed E-state index contributed by atoms with van der Waals surface area (Å²) in [5.74, 6) is 0.651. The summed E-state index contributed by atoms with van der Waals surface area (Å²) < 4.78 is 5.87. The van der Waals surface area contributed by atoms with Crippen LogP contribution in [0.15, 0.2) is 36.4 Å². The molecule has 1 amide bonds. The summed E-state index contributed by atoms with van der Waals surface area (Å²) in [6, 6.07) is 12.2. The topological polar surface area (TPSA) is 38.3 Å². The standard InChI is InChI=1S/C21H25NO2/c1-14-8-11-20(15(2)12-14)22-21(23)16(3)24-19-10-9-17-6-4-5-7-18(17)13-19/h8-13,16H,4-7H2,1-3H3,(H,22,23). The molecule has 0 aliphatic heterocycles. The van der Waals surface area contributed by atoms with Gasteiger partial charge in [-0.15, -0.1) is 0 Å². The minimum atomic E-state index is -0.535. The van der Waals surface area contributed by atoms with Gasteiger partial charge in [0.2, 0.25) is 0 Å². The maximum Gasteiger partial charge on any atom is 0.265 e. The third kappa shape index (κ3) is 3.78. The van der Waals surface area contributed by atoms with Gasteiger partial charge in [-0.25, -0.2) is 0 Å². The fourth-order valence-corrected chi connectivity index (χ4v) is 3.23. The fourth-order valence-electron chi connectivity index (χ4n) is 3.23. The largest absolute Gasteiger partial charge is 0.481 e. The summed E-state index contributed by atoms with van der Waals surface area (Å²) in [7, 11) is 0. The third-order valence-electron chi connectivity index (χ3n) is 4.64. The first kappa shape index (κ1) is 16.6. The monoisotopic (exact) mass is 323 g/mol. The van der Waals surface area contributed by atoms with Crippen molar-refractivity contribution >= 4 is 11.6 Å². The summed E-state index contributed by atoms with van der Waals surface area (Å²) in [4.78, 5) is 12.4. The van der Waals surface area contributed by atoms with Crippen LogP contribution in [0, 0.1) is 13.8 Å². The number of amides is 1. The normalized spacial score (nSPS) is 14.6. The Hall–Kier alpha value is -2.29. The van der Waals surface area contributed by atoms with Gasteiger partial charge in [0.15, 0.2) is 6.10 Å². The van der Waals surface area contributed by atoms with Gasteiger partial charge in [-0.2, -0.15) is 0 Å². The van der Waals surface area contributed by atoms with Crippen LogP contribution >= 0.6 is 0 Å². The number of benzene rings is 2. The lowest BCUT2D eigenvalue weighted by molar-refractivity contribution is -0.122. The smallest absolute Gasteiger partial charge is 0.265 e. The molecular formula is C21H25NO2. The Kier molecular flexibility index (Phi) is 4.89. The molecule has 0 radical (unpaired) electrons. The summed E-state index contributed by atoms with van der Waals surface area (Å²) in [5.41, 5.74) is 5.86. The highest BCUT2D eigenvalue weighted by molar-refractivity contribution is 5.94. The number of hydrogen-bond donors (Lipinski definition) is 1. The van der Waals surface area contributed by atoms with E-state index in [0.29, 0.717) is 0 Å². The van der Waals surface area contributed by atoms with Gasteiger partial charge < -0.3 is 10.1 Å². The first-order valence-electron chi connectivity index (χ1n) is 8.69. The number of carbonyl (C=O) groups excluding carboxylic acids is 1. The van der Waals surface area contributed by atoms with E-state index in [0.717, 1.165) is 29.8 Å². The van der Waals surface area contributed by atoms with Crippen LogP contribution in [0.1, 0.15) is 42.0 Å². The van der Waals surface area contributed by atoms with E-state index in [-0.39, 0.29) is 5.91 Å². The van der Waals surface area contributed by atoms with Crippen LogP contribution in [0.5, 0.6) is 5.75 Å². The molecule has 2 aromatic carbocycles. The first-order valence-corrected chi connectivity index (χ1v) is 8.69. The van der Waals surface area contributed by atoms with Crippen molar-refractivity contribution < 1.29 is 9.53 Å². The third-order valence-corrected chi connectivity index (χ3v) is 4.64. The zero-order valence-corrected chi connectivity index (χ0v) is 14.7. The minimum absolute atomic E-state index is 0.125. The van der Waals surface area contributed by atoms with Crippen molar-refractivity contribution in [3.05, 3.63) is 58.7 Å². The van der Waals surface area contributed by atoms with E-state index in [1.165, 1.54) is 29.5 Å². The number of anilines is 1. The molecule has 0 fully saturated rings. The van der Waals surface area contributed by atoms with Crippen molar-refractivity contribution in [3.63, 3.8) is 0 Å². The summed E-state index contributed by atoms with van der Waals surface area (Å²) in [6.07, 6.45) is 4.22. The van der Waals surface area contributed by atoms with Crippen molar-refractivity contribution in [3.8, 4) is 5.75 Å². The molecule has 0 saturated heterocycles. The van der Waals surface area contributed by atoms with Crippen LogP contribution in [-0.2, 0) is 17.6 Å². The molecule has 0 aromatic heterocycles. The molecule has 1 unspecified atom stereocenters. The molecule has 3 heteroatoms. The van der Waals surface area contributed by atoms with Crippen LogP contribution in [-0.4, -0.2) is 12.0 Å². The van der Waals surface area contributed by atoms with E-state index in [2.05, 4.69) is 23.5 Å². The van der Waals surface area contributed by atoms with Gasteiger partial charge in [0.1, 0.15) is 5.75 Å². The lowest BCUT2D eigenvalue weighted by atomic mass is 9.92. The molecule has 0 bridgehead atoms.